The predicted octanol–water partition coefficient (Wildman–Crippen LogP) is 3.82. The first kappa shape index (κ1) is 28.7. The Kier molecular flexibility index (Phi) is 7.47. The molecule has 0 aliphatic carbocycles. The number of nitro groups is 1. The minimum atomic E-state index is -0.917. The van der Waals surface area contributed by atoms with Crippen LogP contribution in [-0.4, -0.2) is 45.5 Å². The Labute approximate surface area is 243 Å². The van der Waals surface area contributed by atoms with Gasteiger partial charge in [0, 0.05) is 36.4 Å². The van der Waals surface area contributed by atoms with Crippen LogP contribution in [0.25, 0.3) is 21.8 Å². The summed E-state index contributed by atoms with van der Waals surface area (Å²) in [5, 5.41) is 31.6. The van der Waals surface area contributed by atoms with Gasteiger partial charge in [-0.25, -0.2) is 9.59 Å². The monoisotopic (exact) mass is 588 g/mol. The minimum absolute atomic E-state index is 0.121. The molecule has 0 spiro atoms. The van der Waals surface area contributed by atoms with E-state index in [1.807, 2.05) is 11.6 Å². The zero-order valence-corrected chi connectivity index (χ0v) is 23.5. The van der Waals surface area contributed by atoms with Gasteiger partial charge in [0.15, 0.2) is 6.61 Å². The van der Waals surface area contributed by atoms with Gasteiger partial charge in [-0.2, -0.15) is 4.57 Å². The number of hydrogen-bond donors (Lipinski definition) is 2. The lowest BCUT2D eigenvalue weighted by Crippen LogP contribution is -2.31. The Balaban J connectivity index is 1.57. The van der Waals surface area contributed by atoms with Crippen LogP contribution < -0.4 is 23.6 Å². The summed E-state index contributed by atoms with van der Waals surface area (Å²) in [7, 11) is 3.33. The van der Waals surface area contributed by atoms with Crippen molar-refractivity contribution in [3.05, 3.63) is 87.5 Å². The lowest BCUT2D eigenvalue weighted by molar-refractivity contribution is -0.617. The summed E-state index contributed by atoms with van der Waals surface area (Å²) < 4.78 is 19.3. The minimum Gasteiger partial charge on any atom is -0.497 e. The molecular formula is C30H26N3O10+. The van der Waals surface area contributed by atoms with E-state index in [2.05, 4.69) is 0 Å². The molecule has 0 atom stereocenters. The van der Waals surface area contributed by atoms with Gasteiger partial charge >= 0.3 is 11.9 Å². The second-order valence-electron chi connectivity index (χ2n) is 9.65. The van der Waals surface area contributed by atoms with E-state index in [9.17, 15) is 29.9 Å². The molecule has 0 aliphatic heterocycles. The molecule has 0 saturated heterocycles. The van der Waals surface area contributed by atoms with Gasteiger partial charge in [0.25, 0.3) is 5.69 Å². The SMILES string of the molecule is COc1ccc2c(c1)c(C(=O)Oc1c(C)cc([N+](=O)[O-])cc1C)c1cc(OCC(=O)On3c(O)ccc3O)ccc1[n+]2C. The van der Waals surface area contributed by atoms with Crippen molar-refractivity contribution in [3.63, 3.8) is 0 Å². The Morgan fingerprint density at radius 3 is 2.02 bits per heavy atom. The van der Waals surface area contributed by atoms with Crippen LogP contribution in [0.5, 0.6) is 29.0 Å². The van der Waals surface area contributed by atoms with Gasteiger partial charge in [-0.3, -0.25) is 10.1 Å². The third kappa shape index (κ3) is 5.43. The highest BCUT2D eigenvalue weighted by molar-refractivity contribution is 6.14. The summed E-state index contributed by atoms with van der Waals surface area (Å²) in [5.41, 5.74) is 2.21. The van der Waals surface area contributed by atoms with Crippen LogP contribution in [0.2, 0.25) is 0 Å². The molecule has 0 saturated carbocycles. The zero-order chi connectivity index (χ0) is 31.0. The number of pyridine rings is 1. The number of aromatic hydroxyl groups is 2. The number of methoxy groups -OCH3 is 1. The second kappa shape index (κ2) is 11.2. The Hall–Kier alpha value is -5.85. The average molecular weight is 589 g/mol. The third-order valence-electron chi connectivity index (χ3n) is 6.84. The second-order valence-corrected chi connectivity index (χ2v) is 9.65. The Morgan fingerprint density at radius 1 is 0.907 bits per heavy atom. The lowest BCUT2D eigenvalue weighted by Gasteiger charge is -2.14. The number of nitro benzene ring substituents is 1. The largest absolute Gasteiger partial charge is 0.497 e. The van der Waals surface area contributed by atoms with Gasteiger partial charge in [0.05, 0.1) is 28.4 Å². The normalized spacial score (nSPS) is 11.0. The highest BCUT2D eigenvalue weighted by atomic mass is 16.7. The van der Waals surface area contributed by atoms with E-state index in [1.165, 1.54) is 19.2 Å². The maximum atomic E-state index is 13.9. The third-order valence-corrected chi connectivity index (χ3v) is 6.84. The molecule has 43 heavy (non-hydrogen) atoms. The predicted molar refractivity (Wildman–Crippen MR) is 152 cm³/mol. The highest BCUT2D eigenvalue weighted by Crippen LogP contribution is 2.33. The van der Waals surface area contributed by atoms with Crippen molar-refractivity contribution in [3.8, 4) is 29.0 Å². The summed E-state index contributed by atoms with van der Waals surface area (Å²) in [6.45, 7) is 2.65. The lowest BCUT2D eigenvalue weighted by atomic mass is 10.0. The Morgan fingerprint density at radius 2 is 1.47 bits per heavy atom. The van der Waals surface area contributed by atoms with Gasteiger partial charge < -0.3 is 29.3 Å². The van der Waals surface area contributed by atoms with Gasteiger partial charge in [0.2, 0.25) is 22.8 Å². The fourth-order valence-electron chi connectivity index (χ4n) is 4.83. The number of hydrogen-bond acceptors (Lipinski definition) is 10. The van der Waals surface area contributed by atoms with Crippen molar-refractivity contribution < 1.29 is 48.3 Å². The van der Waals surface area contributed by atoms with E-state index in [-0.39, 0.29) is 22.7 Å². The number of benzene rings is 3. The van der Waals surface area contributed by atoms with E-state index < -0.39 is 35.2 Å². The maximum Gasteiger partial charge on any atom is 0.370 e. The average Bonchev–Trinajstić information content (AvgIpc) is 3.29. The van der Waals surface area contributed by atoms with E-state index in [1.54, 1.807) is 50.2 Å². The first-order chi connectivity index (χ1) is 20.5. The van der Waals surface area contributed by atoms with Gasteiger partial charge in [-0.05, 0) is 49.2 Å². The summed E-state index contributed by atoms with van der Waals surface area (Å²) >= 11 is 0. The quantitative estimate of drug-likeness (QED) is 0.0680. The van der Waals surface area contributed by atoms with Crippen molar-refractivity contribution in [1.82, 2.24) is 4.73 Å². The topological polar surface area (TPSA) is 163 Å². The number of nitrogens with zero attached hydrogens (tertiary/aromatic N) is 3. The number of aromatic nitrogens is 2. The van der Waals surface area contributed by atoms with E-state index >= 15 is 0 Å². The number of ether oxygens (including phenoxy) is 3. The summed E-state index contributed by atoms with van der Waals surface area (Å²) in [5.74, 6) is -1.70. The number of esters is 1. The van der Waals surface area contributed by atoms with E-state index in [4.69, 9.17) is 19.0 Å². The molecule has 0 fully saturated rings. The molecule has 220 valence electrons. The van der Waals surface area contributed by atoms with Gasteiger partial charge in [0.1, 0.15) is 24.3 Å². The molecule has 0 radical (unpaired) electrons. The van der Waals surface area contributed by atoms with Crippen LogP contribution >= 0.6 is 0 Å². The molecule has 2 aromatic heterocycles. The first-order valence-corrected chi connectivity index (χ1v) is 12.8. The molecule has 13 heteroatoms. The van der Waals surface area contributed by atoms with Gasteiger partial charge in [-0.1, -0.05) is 0 Å². The molecule has 0 amide bonds. The van der Waals surface area contributed by atoms with Gasteiger partial charge in [-0.15, -0.1) is 4.73 Å². The number of aryl methyl sites for hydroxylation is 3. The number of carbonyl (C=O) groups excluding carboxylic acids is 2. The molecule has 0 aliphatic rings. The van der Waals surface area contributed by atoms with E-state index in [0.29, 0.717) is 43.4 Å². The number of non-ortho nitro benzene ring substituents is 1. The summed E-state index contributed by atoms with van der Waals surface area (Å²) in [6, 6.07) is 15.1. The van der Waals surface area contributed by atoms with Crippen molar-refractivity contribution in [2.75, 3.05) is 13.7 Å². The molecule has 2 N–H and O–H groups in total. The number of rotatable bonds is 8. The van der Waals surface area contributed by atoms with E-state index in [0.717, 1.165) is 12.1 Å². The molecule has 5 rings (SSSR count). The van der Waals surface area contributed by atoms with Crippen LogP contribution in [0.4, 0.5) is 5.69 Å². The smallest absolute Gasteiger partial charge is 0.370 e. The fraction of sp³-hybridized carbons (Fsp3) is 0.167. The molecule has 0 unspecified atom stereocenters. The van der Waals surface area contributed by atoms with Crippen molar-refractivity contribution in [2.45, 2.75) is 13.8 Å². The number of fused-ring (bicyclic) bond motifs is 2. The molecular weight excluding hydrogens is 562 g/mol. The fourth-order valence-corrected chi connectivity index (χ4v) is 4.83. The molecule has 13 nitrogen and oxygen atoms in total. The molecule has 0 bridgehead atoms. The maximum absolute atomic E-state index is 13.9. The molecule has 3 aromatic carbocycles. The van der Waals surface area contributed by atoms with Crippen molar-refractivity contribution in [2.24, 2.45) is 7.05 Å². The van der Waals surface area contributed by atoms with Crippen molar-refractivity contribution >= 4 is 39.4 Å². The van der Waals surface area contributed by atoms with Crippen LogP contribution in [-0.2, 0) is 11.8 Å². The van der Waals surface area contributed by atoms with Crippen LogP contribution in [0, 0.1) is 24.0 Å². The van der Waals surface area contributed by atoms with Crippen LogP contribution in [0.15, 0.2) is 60.7 Å². The van der Waals surface area contributed by atoms with Crippen LogP contribution in [0.1, 0.15) is 21.5 Å². The highest BCUT2D eigenvalue weighted by Gasteiger charge is 2.27. The van der Waals surface area contributed by atoms with Crippen molar-refractivity contribution in [1.29, 1.82) is 0 Å². The standard InChI is InChI=1S/C30H25N3O10/c1-16-11-18(33(38)39)12-17(2)29(16)42-30(37)28-21-13-19(40-4)5-7-23(21)31(3)24-8-6-20(14-22(24)28)41-15-27(36)43-32-25(34)9-10-26(32)35/h5-14,37H,15H2,1-4H3/p+1. The molecule has 5 aromatic rings. The zero-order valence-electron chi connectivity index (χ0n) is 23.5. The summed E-state index contributed by atoms with van der Waals surface area (Å²) in [6.07, 6.45) is 0. The first-order valence-electron chi connectivity index (χ1n) is 12.8. The van der Waals surface area contributed by atoms with Crippen LogP contribution in [0.3, 0.4) is 0 Å². The molecule has 2 heterocycles. The summed E-state index contributed by atoms with van der Waals surface area (Å²) in [4.78, 5) is 42.0. The Bertz CT molecular complexity index is 1900. The number of carbonyl (C=O) groups is 2.